The molecule has 6 nitrogen and oxygen atoms in total. The molecule has 1 aliphatic heterocycles. The third-order valence-corrected chi connectivity index (χ3v) is 5.63. The Balaban J connectivity index is 2.85. The first-order chi connectivity index (χ1) is 7.02. The fourth-order valence-electron chi connectivity index (χ4n) is 1.49. The summed E-state index contributed by atoms with van der Waals surface area (Å²) in [6.07, 6.45) is 0.676. The van der Waals surface area contributed by atoms with Crippen LogP contribution in [-0.2, 0) is 20.0 Å². The number of hydrogen-bond donors (Lipinski definition) is 2. The van der Waals surface area contributed by atoms with Crippen molar-refractivity contribution >= 4 is 20.0 Å². The minimum Gasteiger partial charge on any atom is -0.212 e. The molecule has 0 saturated carbocycles. The minimum absolute atomic E-state index is 0.00542. The molecule has 0 aliphatic carbocycles. The normalized spacial score (nSPS) is 26.6. The van der Waals surface area contributed by atoms with Crippen molar-refractivity contribution in [1.29, 1.82) is 0 Å². The van der Waals surface area contributed by atoms with Gasteiger partial charge in [0, 0.05) is 5.54 Å². The maximum Gasteiger partial charge on any atom is 0.229 e. The molecule has 0 spiro atoms. The Kier molecular flexibility index (Phi) is 3.68. The molecule has 1 atom stereocenters. The Morgan fingerprint density at radius 3 is 2.31 bits per heavy atom. The van der Waals surface area contributed by atoms with E-state index in [1.165, 1.54) is 0 Å². The fraction of sp³-hybridized carbons (Fsp3) is 1.00. The van der Waals surface area contributed by atoms with Crippen molar-refractivity contribution in [3.8, 4) is 0 Å². The zero-order chi connectivity index (χ0) is 12.6. The van der Waals surface area contributed by atoms with E-state index < -0.39 is 31.0 Å². The fourth-order valence-corrected chi connectivity index (χ4v) is 5.10. The summed E-state index contributed by atoms with van der Waals surface area (Å²) < 4.78 is 50.9. The molecule has 0 bridgehead atoms. The molecule has 1 fully saturated rings. The molecule has 8 heteroatoms. The molecule has 0 aromatic carbocycles. The van der Waals surface area contributed by atoms with Crippen LogP contribution in [0.15, 0.2) is 0 Å². The molecule has 1 saturated heterocycles. The minimum atomic E-state index is -3.65. The highest BCUT2D eigenvalue weighted by atomic mass is 32.2. The van der Waals surface area contributed by atoms with Crippen molar-refractivity contribution in [2.45, 2.75) is 44.5 Å². The van der Waals surface area contributed by atoms with Crippen LogP contribution in [0.2, 0.25) is 0 Å². The van der Waals surface area contributed by atoms with Gasteiger partial charge in [0.2, 0.25) is 20.0 Å². The van der Waals surface area contributed by atoms with E-state index in [0.29, 0.717) is 12.8 Å². The van der Waals surface area contributed by atoms with Crippen LogP contribution >= 0.6 is 0 Å². The lowest BCUT2D eigenvalue weighted by molar-refractivity contribution is 0.469. The summed E-state index contributed by atoms with van der Waals surface area (Å²) in [5.41, 5.74) is -0.609. The third-order valence-electron chi connectivity index (χ3n) is 2.01. The number of rotatable bonds is 2. The lowest BCUT2D eigenvalue weighted by atomic mass is 10.1. The van der Waals surface area contributed by atoms with Gasteiger partial charge in [-0.2, -0.15) is 4.72 Å². The quantitative estimate of drug-likeness (QED) is 0.723. The molecule has 1 rings (SSSR count). The molecule has 0 aromatic rings. The summed E-state index contributed by atoms with van der Waals surface area (Å²) >= 11 is 0. The largest absolute Gasteiger partial charge is 0.229 e. The van der Waals surface area contributed by atoms with E-state index in [9.17, 15) is 16.8 Å². The van der Waals surface area contributed by atoms with Gasteiger partial charge in [-0.3, -0.25) is 0 Å². The molecular weight excluding hydrogens is 252 g/mol. The van der Waals surface area contributed by atoms with E-state index in [0.717, 1.165) is 0 Å². The number of sulfonamides is 2. The van der Waals surface area contributed by atoms with Crippen LogP contribution in [-0.4, -0.2) is 33.5 Å². The van der Waals surface area contributed by atoms with Gasteiger partial charge in [0.25, 0.3) is 0 Å². The van der Waals surface area contributed by atoms with Crippen molar-refractivity contribution in [2.24, 2.45) is 0 Å². The van der Waals surface area contributed by atoms with Crippen molar-refractivity contribution in [1.82, 2.24) is 9.44 Å². The monoisotopic (exact) mass is 270 g/mol. The molecule has 2 N–H and O–H groups in total. The van der Waals surface area contributed by atoms with E-state index in [-0.39, 0.29) is 5.75 Å². The van der Waals surface area contributed by atoms with Gasteiger partial charge in [-0.1, -0.05) is 0 Å². The van der Waals surface area contributed by atoms with E-state index in [2.05, 4.69) is 9.44 Å². The van der Waals surface area contributed by atoms with Gasteiger partial charge >= 0.3 is 0 Å². The zero-order valence-corrected chi connectivity index (χ0v) is 11.3. The summed E-state index contributed by atoms with van der Waals surface area (Å²) in [5.74, 6) is -0.00542. The van der Waals surface area contributed by atoms with E-state index in [1.54, 1.807) is 20.8 Å². The first kappa shape index (κ1) is 13.9. The Morgan fingerprint density at radius 2 is 1.88 bits per heavy atom. The van der Waals surface area contributed by atoms with Gasteiger partial charge in [0.15, 0.2) is 0 Å². The standard InChI is InChI=1S/C8H18N2O4S2/c1-8(2,3)10-16(13,14)7-5-4-6-15(11,12)9-7/h7,9-10H,4-6H2,1-3H3. The summed E-state index contributed by atoms with van der Waals surface area (Å²) in [5, 5.41) is -1.05. The second-order valence-electron chi connectivity index (χ2n) is 4.96. The predicted molar refractivity (Wildman–Crippen MR) is 61.8 cm³/mol. The first-order valence-corrected chi connectivity index (χ1v) is 8.24. The van der Waals surface area contributed by atoms with Gasteiger partial charge in [-0.15, -0.1) is 0 Å². The third kappa shape index (κ3) is 4.00. The zero-order valence-electron chi connectivity index (χ0n) is 9.65. The van der Waals surface area contributed by atoms with Crippen LogP contribution in [0, 0.1) is 0 Å². The molecule has 0 radical (unpaired) electrons. The maximum atomic E-state index is 11.9. The molecular formula is C8H18N2O4S2. The highest BCUT2D eigenvalue weighted by molar-refractivity contribution is 7.93. The van der Waals surface area contributed by atoms with Crippen LogP contribution in [0.5, 0.6) is 0 Å². The molecule has 0 amide bonds. The maximum absolute atomic E-state index is 11.9. The molecule has 0 aromatic heterocycles. The van der Waals surface area contributed by atoms with E-state index in [1.807, 2.05) is 0 Å². The average Bonchev–Trinajstić information content (AvgIpc) is 1.97. The predicted octanol–water partition coefficient (Wildman–Crippen LogP) is -0.256. The summed E-state index contributed by atoms with van der Waals surface area (Å²) in [7, 11) is -7.09. The Bertz CT molecular complexity index is 447. The number of hydrogen-bond acceptors (Lipinski definition) is 4. The van der Waals surface area contributed by atoms with E-state index in [4.69, 9.17) is 0 Å². The average molecular weight is 270 g/mol. The SMILES string of the molecule is CC(C)(C)NS(=O)(=O)C1CCCS(=O)(=O)N1. The molecule has 1 heterocycles. The lowest BCUT2D eigenvalue weighted by Gasteiger charge is -2.28. The summed E-state index contributed by atoms with van der Waals surface area (Å²) in [6.45, 7) is 5.13. The second kappa shape index (κ2) is 4.25. The van der Waals surface area contributed by atoms with Crippen molar-refractivity contribution < 1.29 is 16.8 Å². The molecule has 16 heavy (non-hydrogen) atoms. The molecule has 1 aliphatic rings. The summed E-state index contributed by atoms with van der Waals surface area (Å²) in [4.78, 5) is 0. The van der Waals surface area contributed by atoms with Gasteiger partial charge < -0.3 is 0 Å². The Morgan fingerprint density at radius 1 is 1.31 bits per heavy atom. The van der Waals surface area contributed by atoms with Crippen molar-refractivity contribution in [3.63, 3.8) is 0 Å². The van der Waals surface area contributed by atoms with Crippen molar-refractivity contribution in [3.05, 3.63) is 0 Å². The highest BCUT2D eigenvalue weighted by Crippen LogP contribution is 2.15. The van der Waals surface area contributed by atoms with Crippen LogP contribution in [0.25, 0.3) is 0 Å². The topological polar surface area (TPSA) is 92.3 Å². The van der Waals surface area contributed by atoms with Gasteiger partial charge in [-0.05, 0) is 33.6 Å². The highest BCUT2D eigenvalue weighted by Gasteiger charge is 2.35. The lowest BCUT2D eigenvalue weighted by Crippen LogP contribution is -2.53. The first-order valence-electron chi connectivity index (χ1n) is 5.05. The Labute approximate surface area is 96.9 Å². The smallest absolute Gasteiger partial charge is 0.212 e. The van der Waals surface area contributed by atoms with Gasteiger partial charge in [-0.25, -0.2) is 21.6 Å². The van der Waals surface area contributed by atoms with Crippen LogP contribution in [0.1, 0.15) is 33.6 Å². The molecule has 1 unspecified atom stereocenters. The van der Waals surface area contributed by atoms with Crippen LogP contribution in [0.4, 0.5) is 0 Å². The van der Waals surface area contributed by atoms with Crippen LogP contribution in [0.3, 0.4) is 0 Å². The summed E-state index contributed by atoms with van der Waals surface area (Å²) in [6, 6.07) is 0. The van der Waals surface area contributed by atoms with Gasteiger partial charge in [0.1, 0.15) is 5.37 Å². The molecule has 96 valence electrons. The van der Waals surface area contributed by atoms with Gasteiger partial charge in [0.05, 0.1) is 5.75 Å². The van der Waals surface area contributed by atoms with Crippen LogP contribution < -0.4 is 9.44 Å². The second-order valence-corrected chi connectivity index (χ2v) is 8.70. The number of nitrogens with one attached hydrogen (secondary N) is 2. The van der Waals surface area contributed by atoms with Crippen molar-refractivity contribution in [2.75, 3.05) is 5.75 Å². The van der Waals surface area contributed by atoms with E-state index >= 15 is 0 Å². The Hall–Kier alpha value is -0.180.